The highest BCUT2D eigenvalue weighted by Gasteiger charge is 2.13. The second kappa shape index (κ2) is 6.27. The van der Waals surface area contributed by atoms with Crippen LogP contribution in [-0.2, 0) is 0 Å². The van der Waals surface area contributed by atoms with Gasteiger partial charge in [0.2, 0.25) is 0 Å². The lowest BCUT2D eigenvalue weighted by atomic mass is 10.2. The summed E-state index contributed by atoms with van der Waals surface area (Å²) in [6.45, 7) is 0. The highest BCUT2D eigenvalue weighted by Crippen LogP contribution is 2.23. The molecule has 0 aliphatic heterocycles. The molecule has 0 unspecified atom stereocenters. The molecule has 7 heteroatoms. The van der Waals surface area contributed by atoms with Gasteiger partial charge >= 0.3 is 12.0 Å². The van der Waals surface area contributed by atoms with Crippen LogP contribution in [0.2, 0.25) is 0 Å². The van der Waals surface area contributed by atoms with Crippen LogP contribution in [0.3, 0.4) is 0 Å². The molecular formula is C14H15N3O3S. The maximum Gasteiger partial charge on any atom is 0.338 e. The van der Waals surface area contributed by atoms with Gasteiger partial charge in [0.05, 0.1) is 5.56 Å². The molecule has 2 amide bonds. The first kappa shape index (κ1) is 14.9. The average Bonchev–Trinajstić information content (AvgIpc) is 2.87. The molecule has 0 bridgehead atoms. The first-order valence-electron chi connectivity index (χ1n) is 6.13. The number of thiophene rings is 1. The maximum atomic E-state index is 11.9. The molecule has 110 valence electrons. The van der Waals surface area contributed by atoms with E-state index in [-0.39, 0.29) is 5.56 Å². The summed E-state index contributed by atoms with van der Waals surface area (Å²) in [5.41, 5.74) is 1.67. The molecule has 3 N–H and O–H groups in total. The molecule has 0 aliphatic rings. The molecule has 1 aromatic heterocycles. The van der Waals surface area contributed by atoms with Crippen LogP contribution >= 0.6 is 11.3 Å². The molecule has 0 spiro atoms. The lowest BCUT2D eigenvalue weighted by molar-refractivity contribution is 0.0698. The van der Waals surface area contributed by atoms with Gasteiger partial charge in [0.1, 0.15) is 5.00 Å². The number of urea groups is 1. The summed E-state index contributed by atoms with van der Waals surface area (Å²) in [5, 5.41) is 16.1. The van der Waals surface area contributed by atoms with E-state index in [9.17, 15) is 9.59 Å². The van der Waals surface area contributed by atoms with E-state index in [4.69, 9.17) is 5.11 Å². The molecule has 0 saturated heterocycles. The van der Waals surface area contributed by atoms with Crippen molar-refractivity contribution in [1.82, 2.24) is 0 Å². The van der Waals surface area contributed by atoms with Crippen molar-refractivity contribution in [3.8, 4) is 0 Å². The predicted molar refractivity (Wildman–Crippen MR) is 84.7 cm³/mol. The Labute approximate surface area is 126 Å². The summed E-state index contributed by atoms with van der Waals surface area (Å²) in [5.74, 6) is -1.07. The molecule has 21 heavy (non-hydrogen) atoms. The van der Waals surface area contributed by atoms with Crippen LogP contribution in [0.25, 0.3) is 0 Å². The minimum Gasteiger partial charge on any atom is -0.478 e. The second-order valence-electron chi connectivity index (χ2n) is 4.49. The van der Waals surface area contributed by atoms with Crippen molar-refractivity contribution in [1.29, 1.82) is 0 Å². The quantitative estimate of drug-likeness (QED) is 0.810. The molecule has 6 nitrogen and oxygen atoms in total. The molecule has 0 atom stereocenters. The van der Waals surface area contributed by atoms with Crippen molar-refractivity contribution in [2.24, 2.45) is 0 Å². The fraction of sp³-hybridized carbons (Fsp3) is 0.143. The zero-order chi connectivity index (χ0) is 15.4. The van der Waals surface area contributed by atoms with Crippen LogP contribution in [-0.4, -0.2) is 31.2 Å². The number of benzene rings is 1. The van der Waals surface area contributed by atoms with Gasteiger partial charge in [0.15, 0.2) is 0 Å². The second-order valence-corrected chi connectivity index (χ2v) is 5.41. The highest BCUT2D eigenvalue weighted by atomic mass is 32.1. The lowest BCUT2D eigenvalue weighted by Crippen LogP contribution is -2.20. The first-order chi connectivity index (χ1) is 9.97. The number of amides is 2. The summed E-state index contributed by atoms with van der Waals surface area (Å²) >= 11 is 1.16. The third-order valence-corrected chi connectivity index (χ3v) is 3.57. The minimum absolute atomic E-state index is 0.0807. The summed E-state index contributed by atoms with van der Waals surface area (Å²) < 4.78 is 0. The maximum absolute atomic E-state index is 11.9. The number of carbonyl (C=O) groups is 2. The van der Waals surface area contributed by atoms with Gasteiger partial charge in [-0.2, -0.15) is 0 Å². The summed E-state index contributed by atoms with van der Waals surface area (Å²) in [4.78, 5) is 24.8. The van der Waals surface area contributed by atoms with Crippen LogP contribution in [0.1, 0.15) is 10.4 Å². The molecule has 1 heterocycles. The first-order valence-corrected chi connectivity index (χ1v) is 7.01. The number of hydrogen-bond donors (Lipinski definition) is 3. The van der Waals surface area contributed by atoms with E-state index in [2.05, 4.69) is 10.6 Å². The van der Waals surface area contributed by atoms with Crippen LogP contribution in [0.4, 0.5) is 21.2 Å². The van der Waals surface area contributed by atoms with Crippen molar-refractivity contribution in [2.45, 2.75) is 0 Å². The number of anilines is 3. The summed E-state index contributed by atoms with van der Waals surface area (Å²) in [6, 6.07) is 8.32. The number of nitrogens with zero attached hydrogens (tertiary/aromatic N) is 1. The van der Waals surface area contributed by atoms with Crippen LogP contribution in [0, 0.1) is 0 Å². The van der Waals surface area contributed by atoms with Crippen molar-refractivity contribution < 1.29 is 14.7 Å². The molecule has 0 fully saturated rings. The standard InChI is InChI=1S/C14H15N3O3S/c1-17(2)10-5-3-4-9(8-10)15-14(20)16-12-11(13(18)19)6-7-21-12/h3-8H,1-2H3,(H,18,19)(H2,15,16,20). The Morgan fingerprint density at radius 2 is 1.95 bits per heavy atom. The number of rotatable bonds is 4. The van der Waals surface area contributed by atoms with Gasteiger partial charge in [-0.25, -0.2) is 9.59 Å². The highest BCUT2D eigenvalue weighted by molar-refractivity contribution is 7.14. The van der Waals surface area contributed by atoms with E-state index < -0.39 is 12.0 Å². The minimum atomic E-state index is -1.07. The van der Waals surface area contributed by atoms with E-state index in [1.807, 2.05) is 37.2 Å². The van der Waals surface area contributed by atoms with Gasteiger partial charge in [0.25, 0.3) is 0 Å². The Morgan fingerprint density at radius 1 is 1.19 bits per heavy atom. The zero-order valence-electron chi connectivity index (χ0n) is 11.6. The Balaban J connectivity index is 2.06. The Bertz CT molecular complexity index is 667. The Morgan fingerprint density at radius 3 is 2.62 bits per heavy atom. The lowest BCUT2D eigenvalue weighted by Gasteiger charge is -2.14. The van der Waals surface area contributed by atoms with E-state index in [0.717, 1.165) is 17.0 Å². The molecule has 0 saturated carbocycles. The number of aromatic carboxylic acids is 1. The van der Waals surface area contributed by atoms with Crippen molar-refractivity contribution in [2.75, 3.05) is 29.6 Å². The van der Waals surface area contributed by atoms with Crippen molar-refractivity contribution in [3.05, 3.63) is 41.3 Å². The summed E-state index contributed by atoms with van der Waals surface area (Å²) in [6.07, 6.45) is 0. The Hall–Kier alpha value is -2.54. The predicted octanol–water partition coefficient (Wildman–Crippen LogP) is 3.16. The van der Waals surface area contributed by atoms with Gasteiger partial charge in [0, 0.05) is 25.5 Å². The zero-order valence-corrected chi connectivity index (χ0v) is 12.4. The third kappa shape index (κ3) is 3.73. The number of carboxylic acids is 1. The van der Waals surface area contributed by atoms with E-state index >= 15 is 0 Å². The van der Waals surface area contributed by atoms with Crippen LogP contribution < -0.4 is 15.5 Å². The summed E-state index contributed by atoms with van der Waals surface area (Å²) in [7, 11) is 3.81. The van der Waals surface area contributed by atoms with Gasteiger partial charge in [-0.05, 0) is 29.6 Å². The molecule has 2 aromatic rings. The third-order valence-electron chi connectivity index (χ3n) is 2.74. The van der Waals surface area contributed by atoms with E-state index in [0.29, 0.717) is 10.7 Å². The average molecular weight is 305 g/mol. The molecule has 1 aromatic carbocycles. The fourth-order valence-corrected chi connectivity index (χ4v) is 2.48. The number of carbonyl (C=O) groups excluding carboxylic acids is 1. The molecule has 2 rings (SSSR count). The SMILES string of the molecule is CN(C)c1cccc(NC(=O)Nc2sccc2C(=O)O)c1. The van der Waals surface area contributed by atoms with E-state index in [1.54, 1.807) is 11.4 Å². The molecular weight excluding hydrogens is 290 g/mol. The monoisotopic (exact) mass is 305 g/mol. The normalized spacial score (nSPS) is 10.0. The van der Waals surface area contributed by atoms with E-state index in [1.165, 1.54) is 6.07 Å². The van der Waals surface area contributed by atoms with Crippen LogP contribution in [0.15, 0.2) is 35.7 Å². The molecule has 0 radical (unpaired) electrons. The van der Waals surface area contributed by atoms with Gasteiger partial charge < -0.3 is 15.3 Å². The Kier molecular flexibility index (Phi) is 4.44. The van der Waals surface area contributed by atoms with Gasteiger partial charge in [-0.3, -0.25) is 5.32 Å². The number of carboxylic acid groups (broad SMARTS) is 1. The van der Waals surface area contributed by atoms with Crippen LogP contribution in [0.5, 0.6) is 0 Å². The van der Waals surface area contributed by atoms with Crippen molar-refractivity contribution in [3.63, 3.8) is 0 Å². The topological polar surface area (TPSA) is 81.7 Å². The fourth-order valence-electron chi connectivity index (χ4n) is 1.70. The number of nitrogens with one attached hydrogen (secondary N) is 2. The smallest absolute Gasteiger partial charge is 0.338 e. The molecule has 0 aliphatic carbocycles. The largest absolute Gasteiger partial charge is 0.478 e. The number of hydrogen-bond acceptors (Lipinski definition) is 4. The van der Waals surface area contributed by atoms with Gasteiger partial charge in [-0.1, -0.05) is 6.07 Å². The van der Waals surface area contributed by atoms with Gasteiger partial charge in [-0.15, -0.1) is 11.3 Å². The van der Waals surface area contributed by atoms with Crippen molar-refractivity contribution >= 4 is 39.7 Å².